The Balaban J connectivity index is 2.03. The van der Waals surface area contributed by atoms with E-state index in [0.29, 0.717) is 0 Å². The van der Waals surface area contributed by atoms with Crippen LogP contribution in [0.3, 0.4) is 0 Å². The van der Waals surface area contributed by atoms with Crippen molar-refractivity contribution in [3.8, 4) is 0 Å². The topological polar surface area (TPSA) is 59.0 Å². The van der Waals surface area contributed by atoms with Gasteiger partial charge in [0.1, 0.15) is 5.82 Å². The summed E-state index contributed by atoms with van der Waals surface area (Å²) >= 11 is 3.27. The van der Waals surface area contributed by atoms with Gasteiger partial charge in [0.25, 0.3) is 5.91 Å². The van der Waals surface area contributed by atoms with E-state index in [0.717, 1.165) is 10.2 Å². The van der Waals surface area contributed by atoms with Crippen LogP contribution in [0.25, 0.3) is 0 Å². The van der Waals surface area contributed by atoms with Crippen LogP contribution < -0.4 is 10.6 Å². The first kappa shape index (κ1) is 19.7. The largest absolute Gasteiger partial charge is 0.410 e. The second-order valence-corrected chi connectivity index (χ2v) is 8.35. The zero-order valence-corrected chi connectivity index (χ0v) is 16.6. The summed E-state index contributed by atoms with van der Waals surface area (Å²) in [6.07, 6.45) is -4.71. The molecule has 2 aromatic rings. The standard InChI is InChI=1S/C18H20BrF3N4O/c1-17(2,3)24-16(27)14-13(19)15-23-11(10-7-5-4-6-8-10)9-12(18(20,21)22)26(15)25-14/h4-8,11-12,23H,9H2,1-3H3,(H,24,27)/t11-,12-/m1/s1. The second kappa shape index (κ2) is 6.85. The summed E-state index contributed by atoms with van der Waals surface area (Å²) in [7, 11) is 0. The molecule has 146 valence electrons. The molecule has 0 radical (unpaired) electrons. The zero-order valence-electron chi connectivity index (χ0n) is 15.1. The molecule has 1 amide bonds. The Morgan fingerprint density at radius 1 is 1.26 bits per heavy atom. The van der Waals surface area contributed by atoms with E-state index in [1.807, 2.05) is 6.07 Å². The number of aromatic nitrogens is 2. The van der Waals surface area contributed by atoms with E-state index in [9.17, 15) is 18.0 Å². The van der Waals surface area contributed by atoms with Crippen LogP contribution in [-0.2, 0) is 0 Å². The monoisotopic (exact) mass is 444 g/mol. The number of carbonyl (C=O) groups excluding carboxylic acids is 1. The van der Waals surface area contributed by atoms with Crippen LogP contribution in [0.5, 0.6) is 0 Å². The number of hydrogen-bond donors (Lipinski definition) is 2. The lowest BCUT2D eigenvalue weighted by molar-refractivity contribution is -0.173. The first-order chi connectivity index (χ1) is 12.5. The molecule has 2 heterocycles. The summed E-state index contributed by atoms with van der Waals surface area (Å²) in [5.41, 5.74) is 0.131. The van der Waals surface area contributed by atoms with E-state index in [2.05, 4.69) is 31.7 Å². The molecule has 3 rings (SSSR count). The number of anilines is 1. The van der Waals surface area contributed by atoms with Crippen molar-refractivity contribution in [1.29, 1.82) is 0 Å². The average Bonchev–Trinajstić information content (AvgIpc) is 2.89. The summed E-state index contributed by atoms with van der Waals surface area (Å²) in [5, 5.41) is 9.81. The highest BCUT2D eigenvalue weighted by Gasteiger charge is 2.47. The van der Waals surface area contributed by atoms with Gasteiger partial charge in [-0.3, -0.25) is 4.79 Å². The number of nitrogens with zero attached hydrogens (tertiary/aromatic N) is 2. The van der Waals surface area contributed by atoms with Gasteiger partial charge in [0.15, 0.2) is 11.7 Å². The number of benzene rings is 1. The first-order valence-corrected chi connectivity index (χ1v) is 9.25. The summed E-state index contributed by atoms with van der Waals surface area (Å²) < 4.78 is 42.2. The quantitative estimate of drug-likeness (QED) is 0.696. The van der Waals surface area contributed by atoms with Gasteiger partial charge >= 0.3 is 6.18 Å². The summed E-state index contributed by atoms with van der Waals surface area (Å²) in [6.45, 7) is 5.37. The van der Waals surface area contributed by atoms with E-state index in [-0.39, 0.29) is 22.4 Å². The Morgan fingerprint density at radius 2 is 1.89 bits per heavy atom. The molecule has 2 atom stereocenters. The second-order valence-electron chi connectivity index (χ2n) is 7.56. The fourth-order valence-electron chi connectivity index (χ4n) is 3.04. The molecule has 0 saturated heterocycles. The summed E-state index contributed by atoms with van der Waals surface area (Å²) in [5.74, 6) is -0.383. The molecule has 0 unspecified atom stereocenters. The Labute approximate surface area is 163 Å². The minimum Gasteiger partial charge on any atom is -0.362 e. The Bertz CT molecular complexity index is 843. The van der Waals surface area contributed by atoms with Crippen LogP contribution in [0.2, 0.25) is 0 Å². The summed E-state index contributed by atoms with van der Waals surface area (Å²) in [4.78, 5) is 12.5. The first-order valence-electron chi connectivity index (χ1n) is 8.46. The highest BCUT2D eigenvalue weighted by atomic mass is 79.9. The van der Waals surface area contributed by atoms with Crippen LogP contribution in [0, 0.1) is 0 Å². The maximum atomic E-state index is 13.7. The van der Waals surface area contributed by atoms with Crippen molar-refractivity contribution in [2.24, 2.45) is 0 Å². The van der Waals surface area contributed by atoms with Crippen molar-refractivity contribution >= 4 is 27.7 Å². The molecule has 1 aliphatic rings. The molecular formula is C18H20BrF3N4O. The minimum atomic E-state index is -4.49. The van der Waals surface area contributed by atoms with Gasteiger partial charge in [-0.2, -0.15) is 18.3 Å². The highest BCUT2D eigenvalue weighted by Crippen LogP contribution is 2.46. The van der Waals surface area contributed by atoms with Gasteiger partial charge in [0, 0.05) is 12.0 Å². The number of amides is 1. The lowest BCUT2D eigenvalue weighted by atomic mass is 9.97. The van der Waals surface area contributed by atoms with Crippen molar-refractivity contribution < 1.29 is 18.0 Å². The zero-order chi connectivity index (χ0) is 20.0. The van der Waals surface area contributed by atoms with Crippen molar-refractivity contribution in [3.63, 3.8) is 0 Å². The van der Waals surface area contributed by atoms with Gasteiger partial charge in [0.2, 0.25) is 0 Å². The normalized spacial score (nSPS) is 20.0. The number of hydrogen-bond acceptors (Lipinski definition) is 3. The van der Waals surface area contributed by atoms with Gasteiger partial charge in [-0.15, -0.1) is 0 Å². The molecule has 27 heavy (non-hydrogen) atoms. The van der Waals surface area contributed by atoms with Crippen LogP contribution >= 0.6 is 15.9 Å². The molecule has 1 aliphatic heterocycles. The molecule has 0 aliphatic carbocycles. The van der Waals surface area contributed by atoms with Crippen molar-refractivity contribution in [2.45, 2.75) is 51.0 Å². The fourth-order valence-corrected chi connectivity index (χ4v) is 3.59. The third kappa shape index (κ3) is 4.12. The van der Waals surface area contributed by atoms with Crippen molar-refractivity contribution in [3.05, 3.63) is 46.1 Å². The number of fused-ring (bicyclic) bond motifs is 1. The number of nitrogens with one attached hydrogen (secondary N) is 2. The molecule has 1 aromatic heterocycles. The van der Waals surface area contributed by atoms with Crippen LogP contribution in [0.1, 0.15) is 55.3 Å². The van der Waals surface area contributed by atoms with Gasteiger partial charge < -0.3 is 10.6 Å². The third-order valence-electron chi connectivity index (χ3n) is 4.20. The molecule has 5 nitrogen and oxygen atoms in total. The molecule has 9 heteroatoms. The smallest absolute Gasteiger partial charge is 0.362 e. The van der Waals surface area contributed by atoms with Crippen LogP contribution in [0.4, 0.5) is 19.0 Å². The van der Waals surface area contributed by atoms with Crippen molar-refractivity contribution in [1.82, 2.24) is 15.1 Å². The van der Waals surface area contributed by atoms with Gasteiger partial charge in [-0.25, -0.2) is 4.68 Å². The van der Waals surface area contributed by atoms with E-state index in [1.54, 1.807) is 45.0 Å². The van der Waals surface area contributed by atoms with Crippen LogP contribution in [-0.4, -0.2) is 27.4 Å². The Morgan fingerprint density at radius 3 is 2.44 bits per heavy atom. The highest BCUT2D eigenvalue weighted by molar-refractivity contribution is 9.10. The number of alkyl halides is 3. The maximum absolute atomic E-state index is 13.7. The Kier molecular flexibility index (Phi) is 5.00. The van der Waals surface area contributed by atoms with E-state index >= 15 is 0 Å². The maximum Gasteiger partial charge on any atom is 0.410 e. The molecule has 1 aromatic carbocycles. The number of rotatable bonds is 2. The lowest BCUT2D eigenvalue weighted by Gasteiger charge is -2.33. The van der Waals surface area contributed by atoms with Crippen molar-refractivity contribution in [2.75, 3.05) is 5.32 Å². The van der Waals surface area contributed by atoms with Gasteiger partial charge in [-0.1, -0.05) is 30.3 Å². The molecule has 0 fully saturated rings. The SMILES string of the molecule is CC(C)(C)NC(=O)c1nn2c(c1Br)N[C@@H](c1ccccc1)C[C@@H]2C(F)(F)F. The predicted molar refractivity (Wildman–Crippen MR) is 99.7 cm³/mol. The van der Waals surface area contributed by atoms with Crippen LogP contribution in [0.15, 0.2) is 34.8 Å². The van der Waals surface area contributed by atoms with E-state index in [1.165, 1.54) is 0 Å². The minimum absolute atomic E-state index is 0.0737. The fraction of sp³-hybridized carbons (Fsp3) is 0.444. The van der Waals surface area contributed by atoms with Gasteiger partial charge in [0.05, 0.1) is 10.5 Å². The van der Waals surface area contributed by atoms with E-state index in [4.69, 9.17) is 0 Å². The molecular weight excluding hydrogens is 425 g/mol. The number of halogens is 4. The Hall–Kier alpha value is -2.03. The third-order valence-corrected chi connectivity index (χ3v) is 4.95. The number of carbonyl (C=O) groups is 1. The lowest BCUT2D eigenvalue weighted by Crippen LogP contribution is -2.41. The van der Waals surface area contributed by atoms with E-state index < -0.39 is 29.7 Å². The summed E-state index contributed by atoms with van der Waals surface area (Å²) in [6, 6.07) is 6.55. The molecule has 2 N–H and O–H groups in total. The van der Waals surface area contributed by atoms with Gasteiger partial charge in [-0.05, 0) is 42.3 Å². The molecule has 0 spiro atoms. The predicted octanol–water partition coefficient (Wildman–Crippen LogP) is 4.83. The molecule has 0 saturated carbocycles. The molecule has 0 bridgehead atoms. The average molecular weight is 445 g/mol.